The maximum Gasteiger partial charge on any atom is 0.226 e. The molecule has 2 rings (SSSR count). The molecule has 0 spiro atoms. The van der Waals surface area contributed by atoms with Gasteiger partial charge in [-0.3, -0.25) is 4.79 Å². The molecule has 1 aliphatic rings. The van der Waals surface area contributed by atoms with Crippen LogP contribution in [0.15, 0.2) is 18.2 Å². The van der Waals surface area contributed by atoms with E-state index in [9.17, 15) is 4.79 Å². The minimum Gasteiger partial charge on any atom is -0.496 e. The van der Waals surface area contributed by atoms with E-state index in [-0.39, 0.29) is 17.4 Å². The molecule has 1 aliphatic carbocycles. The van der Waals surface area contributed by atoms with Gasteiger partial charge in [-0.25, -0.2) is 0 Å². The number of amides is 1. The smallest absolute Gasteiger partial charge is 0.226 e. The summed E-state index contributed by atoms with van der Waals surface area (Å²) in [6.07, 6.45) is 4.05. The van der Waals surface area contributed by atoms with E-state index < -0.39 is 0 Å². The Kier molecular flexibility index (Phi) is 17.5. The molecule has 1 saturated carbocycles. The van der Waals surface area contributed by atoms with Gasteiger partial charge in [0.2, 0.25) is 5.91 Å². The summed E-state index contributed by atoms with van der Waals surface area (Å²) in [5, 5.41) is 6.79. The van der Waals surface area contributed by atoms with Crippen molar-refractivity contribution in [3.8, 4) is 5.75 Å². The molecule has 0 bridgehead atoms. The quantitative estimate of drug-likeness (QED) is 0.468. The number of carbonyl (C=O) groups excluding carboxylic acids is 1. The molecule has 0 aliphatic heterocycles. The summed E-state index contributed by atoms with van der Waals surface area (Å²) in [6.45, 7) is 21.2. The number of rotatable bonds is 9. The van der Waals surface area contributed by atoms with Gasteiger partial charge in [0.25, 0.3) is 0 Å². The lowest BCUT2D eigenvalue weighted by Gasteiger charge is -2.23. The molecule has 0 aromatic heterocycles. The van der Waals surface area contributed by atoms with Crippen molar-refractivity contribution in [3.05, 3.63) is 29.3 Å². The highest BCUT2D eigenvalue weighted by Crippen LogP contribution is 2.45. The zero-order valence-electron chi connectivity index (χ0n) is 21.7. The Morgan fingerprint density at radius 1 is 1.13 bits per heavy atom. The van der Waals surface area contributed by atoms with Crippen molar-refractivity contribution in [1.82, 2.24) is 10.6 Å². The van der Waals surface area contributed by atoms with Gasteiger partial charge in [0.15, 0.2) is 0 Å². The van der Waals surface area contributed by atoms with Gasteiger partial charge < -0.3 is 15.4 Å². The van der Waals surface area contributed by atoms with E-state index >= 15 is 0 Å². The normalized spacial score (nSPS) is 14.9. The summed E-state index contributed by atoms with van der Waals surface area (Å²) in [5.41, 5.74) is 2.32. The van der Waals surface area contributed by atoms with E-state index in [1.807, 2.05) is 47.6 Å². The summed E-state index contributed by atoms with van der Waals surface area (Å²) in [4.78, 5) is 12.1. The predicted molar refractivity (Wildman–Crippen MR) is 132 cm³/mol. The number of benzene rings is 1. The highest BCUT2D eigenvalue weighted by Gasteiger charge is 2.45. The van der Waals surface area contributed by atoms with Crippen LogP contribution in [0.25, 0.3) is 0 Å². The van der Waals surface area contributed by atoms with E-state index in [4.69, 9.17) is 4.74 Å². The van der Waals surface area contributed by atoms with Crippen LogP contribution in [0.3, 0.4) is 0 Å². The second-order valence-electron chi connectivity index (χ2n) is 7.46. The van der Waals surface area contributed by atoms with E-state index in [1.165, 1.54) is 5.56 Å². The van der Waals surface area contributed by atoms with Gasteiger partial charge in [-0.2, -0.15) is 0 Å². The second-order valence-corrected chi connectivity index (χ2v) is 7.46. The number of methoxy groups -OCH3 is 1. The van der Waals surface area contributed by atoms with Crippen LogP contribution >= 0.6 is 0 Å². The molecule has 1 aromatic carbocycles. The zero-order chi connectivity index (χ0) is 23.7. The second kappa shape index (κ2) is 17.2. The Hall–Kier alpha value is -1.55. The lowest BCUT2D eigenvalue weighted by molar-refractivity contribution is -0.126. The van der Waals surface area contributed by atoms with E-state index in [2.05, 4.69) is 50.5 Å². The predicted octanol–water partition coefficient (Wildman–Crippen LogP) is 6.65. The SMILES string of the molecule is CC.CC.CC.CCC(CC(C)NC(=O)C1(C)CC1)NCc1ccc(OC)c(C)c1. The number of carbonyl (C=O) groups is 1. The van der Waals surface area contributed by atoms with Gasteiger partial charge in [0.1, 0.15) is 5.75 Å². The maximum atomic E-state index is 12.1. The monoisotopic (exact) mass is 422 g/mol. The minimum atomic E-state index is -0.0932. The molecular formula is C26H50N2O2. The van der Waals surface area contributed by atoms with Gasteiger partial charge in [-0.05, 0) is 56.7 Å². The van der Waals surface area contributed by atoms with Crippen molar-refractivity contribution >= 4 is 5.91 Å². The van der Waals surface area contributed by atoms with Crippen molar-refractivity contribution in [3.63, 3.8) is 0 Å². The fourth-order valence-electron chi connectivity index (χ4n) is 3.01. The first-order chi connectivity index (χ1) is 14.4. The molecule has 2 unspecified atom stereocenters. The van der Waals surface area contributed by atoms with Crippen LogP contribution in [0, 0.1) is 12.3 Å². The average Bonchev–Trinajstić information content (AvgIpc) is 3.54. The van der Waals surface area contributed by atoms with Crippen molar-refractivity contribution in [2.75, 3.05) is 7.11 Å². The van der Waals surface area contributed by atoms with E-state index in [0.717, 1.165) is 43.5 Å². The van der Waals surface area contributed by atoms with Crippen LogP contribution in [-0.4, -0.2) is 25.1 Å². The Balaban J connectivity index is 0. The molecule has 1 aromatic rings. The van der Waals surface area contributed by atoms with Gasteiger partial charge in [-0.15, -0.1) is 0 Å². The molecule has 4 heteroatoms. The summed E-state index contributed by atoms with van der Waals surface area (Å²) in [5.74, 6) is 1.14. The van der Waals surface area contributed by atoms with Crippen LogP contribution < -0.4 is 15.4 Å². The number of nitrogens with one attached hydrogen (secondary N) is 2. The fourth-order valence-corrected chi connectivity index (χ4v) is 3.01. The van der Waals surface area contributed by atoms with Gasteiger partial charge in [-0.1, -0.05) is 67.5 Å². The maximum absolute atomic E-state index is 12.1. The topological polar surface area (TPSA) is 50.4 Å². The minimum absolute atomic E-state index is 0.0932. The molecule has 30 heavy (non-hydrogen) atoms. The summed E-state index contributed by atoms with van der Waals surface area (Å²) in [6, 6.07) is 6.88. The number of hydrogen-bond donors (Lipinski definition) is 2. The highest BCUT2D eigenvalue weighted by atomic mass is 16.5. The van der Waals surface area contributed by atoms with Crippen molar-refractivity contribution in [1.29, 1.82) is 0 Å². The van der Waals surface area contributed by atoms with Gasteiger partial charge in [0, 0.05) is 24.0 Å². The molecule has 1 fully saturated rings. The summed E-state index contributed by atoms with van der Waals surface area (Å²) < 4.78 is 5.31. The lowest BCUT2D eigenvalue weighted by Crippen LogP contribution is -2.41. The lowest BCUT2D eigenvalue weighted by atomic mass is 10.0. The molecule has 0 saturated heterocycles. The largest absolute Gasteiger partial charge is 0.496 e. The Bertz CT molecular complexity index is 568. The van der Waals surface area contributed by atoms with Crippen molar-refractivity contribution in [2.45, 2.75) is 114 Å². The van der Waals surface area contributed by atoms with Crippen molar-refractivity contribution < 1.29 is 9.53 Å². The standard InChI is InChI=1S/C20H32N2O2.3C2H6/c1-6-17(12-15(3)22-19(23)20(4)9-10-20)21-13-16-7-8-18(24-5)14(2)11-16;3*1-2/h7-8,11,15,17,21H,6,9-10,12-13H2,1-5H3,(H,22,23);3*1-2H3. The van der Waals surface area contributed by atoms with Crippen LogP contribution in [0.4, 0.5) is 0 Å². The van der Waals surface area contributed by atoms with Crippen LogP contribution in [-0.2, 0) is 11.3 Å². The third-order valence-corrected chi connectivity index (χ3v) is 5.11. The first kappa shape index (κ1) is 30.6. The molecule has 0 radical (unpaired) electrons. The Labute approximate surface area is 187 Å². The Morgan fingerprint density at radius 2 is 1.70 bits per heavy atom. The first-order valence-electron chi connectivity index (χ1n) is 12.1. The van der Waals surface area contributed by atoms with E-state index in [1.54, 1.807) is 7.11 Å². The number of hydrogen-bond acceptors (Lipinski definition) is 3. The molecule has 4 nitrogen and oxygen atoms in total. The first-order valence-corrected chi connectivity index (χ1v) is 12.1. The number of ether oxygens (including phenoxy) is 1. The summed E-state index contributed by atoms with van der Waals surface area (Å²) in [7, 11) is 1.70. The Morgan fingerprint density at radius 3 is 2.13 bits per heavy atom. The van der Waals surface area contributed by atoms with Crippen LogP contribution in [0.2, 0.25) is 0 Å². The molecule has 2 N–H and O–H groups in total. The molecule has 1 amide bonds. The molecule has 0 heterocycles. The van der Waals surface area contributed by atoms with Gasteiger partial charge >= 0.3 is 0 Å². The fraction of sp³-hybridized carbons (Fsp3) is 0.731. The zero-order valence-corrected chi connectivity index (χ0v) is 21.7. The highest BCUT2D eigenvalue weighted by molar-refractivity contribution is 5.84. The number of aryl methyl sites for hydroxylation is 1. The van der Waals surface area contributed by atoms with E-state index in [0.29, 0.717) is 6.04 Å². The van der Waals surface area contributed by atoms with Crippen LogP contribution in [0.1, 0.15) is 99.1 Å². The van der Waals surface area contributed by atoms with Crippen molar-refractivity contribution in [2.24, 2.45) is 5.41 Å². The molecule has 176 valence electrons. The third kappa shape index (κ3) is 11.0. The average molecular weight is 423 g/mol. The van der Waals surface area contributed by atoms with Crippen LogP contribution in [0.5, 0.6) is 5.75 Å². The summed E-state index contributed by atoms with van der Waals surface area (Å²) >= 11 is 0. The molecule has 2 atom stereocenters. The third-order valence-electron chi connectivity index (χ3n) is 5.11. The molecular weight excluding hydrogens is 372 g/mol. The van der Waals surface area contributed by atoms with Gasteiger partial charge in [0.05, 0.1) is 7.11 Å².